The molecule has 1 rings (SSSR count). The van der Waals surface area contributed by atoms with Crippen LogP contribution in [0.1, 0.15) is 43.7 Å². The molecule has 1 atom stereocenters. The first-order valence-electron chi connectivity index (χ1n) is 5.28. The first-order chi connectivity index (χ1) is 6.69. The number of aryl methyl sites for hydroxylation is 1. The van der Waals surface area contributed by atoms with Gasteiger partial charge in [0.2, 0.25) is 0 Å². The second-order valence-electron chi connectivity index (χ2n) is 3.69. The van der Waals surface area contributed by atoms with Crippen molar-refractivity contribution in [3.05, 3.63) is 35.4 Å². The predicted molar refractivity (Wildman–Crippen MR) is 59.5 cm³/mol. The van der Waals surface area contributed by atoms with Crippen molar-refractivity contribution in [3.63, 3.8) is 0 Å². The van der Waals surface area contributed by atoms with Crippen LogP contribution >= 0.6 is 0 Å². The Kier molecular flexibility index (Phi) is 3.87. The largest absolute Gasteiger partial charge is 0.299 e. The van der Waals surface area contributed by atoms with Crippen molar-refractivity contribution in [2.75, 3.05) is 0 Å². The molecule has 0 radical (unpaired) electrons. The van der Waals surface area contributed by atoms with Crippen molar-refractivity contribution in [1.82, 2.24) is 0 Å². The molecule has 1 aromatic carbocycles. The molecule has 0 unspecified atom stereocenters. The van der Waals surface area contributed by atoms with Crippen LogP contribution in [0.3, 0.4) is 0 Å². The van der Waals surface area contributed by atoms with E-state index in [1.165, 1.54) is 5.56 Å². The molecule has 0 aliphatic heterocycles. The van der Waals surface area contributed by atoms with E-state index < -0.39 is 0 Å². The van der Waals surface area contributed by atoms with E-state index >= 15 is 0 Å². The van der Waals surface area contributed by atoms with Crippen LogP contribution in [0.5, 0.6) is 0 Å². The molecule has 1 heteroatoms. The summed E-state index contributed by atoms with van der Waals surface area (Å²) in [6.45, 7) is 6.06. The molecule has 0 fully saturated rings. The minimum absolute atomic E-state index is 0.0978. The molecule has 0 aliphatic carbocycles. The molecule has 14 heavy (non-hydrogen) atoms. The lowest BCUT2D eigenvalue weighted by atomic mass is 9.90. The normalized spacial score (nSPS) is 12.5. The van der Waals surface area contributed by atoms with E-state index in [9.17, 15) is 4.79 Å². The van der Waals surface area contributed by atoms with Gasteiger partial charge >= 0.3 is 0 Å². The fraction of sp³-hybridized carbons (Fsp3) is 0.462. The maximum atomic E-state index is 11.6. The highest BCUT2D eigenvalue weighted by molar-refractivity contribution is 5.85. The lowest BCUT2D eigenvalue weighted by Crippen LogP contribution is -2.10. The molecule has 0 aliphatic rings. The lowest BCUT2D eigenvalue weighted by Gasteiger charge is -2.13. The van der Waals surface area contributed by atoms with E-state index in [2.05, 4.69) is 38.1 Å². The number of ketones is 1. The first kappa shape index (κ1) is 11.0. The fourth-order valence-corrected chi connectivity index (χ4v) is 1.69. The van der Waals surface area contributed by atoms with E-state index in [4.69, 9.17) is 0 Å². The molecular weight excluding hydrogens is 172 g/mol. The molecule has 0 bridgehead atoms. The second kappa shape index (κ2) is 4.94. The number of carbonyl (C=O) groups is 1. The maximum absolute atomic E-state index is 11.6. The van der Waals surface area contributed by atoms with Gasteiger partial charge in [-0.1, -0.05) is 43.7 Å². The van der Waals surface area contributed by atoms with Crippen LogP contribution in [0, 0.1) is 6.92 Å². The third-order valence-corrected chi connectivity index (χ3v) is 2.63. The molecular formula is C13H18O. The molecule has 0 saturated heterocycles. The quantitative estimate of drug-likeness (QED) is 0.710. The summed E-state index contributed by atoms with van der Waals surface area (Å²) < 4.78 is 0. The first-order valence-corrected chi connectivity index (χ1v) is 5.28. The average Bonchev–Trinajstić information content (AvgIpc) is 2.21. The van der Waals surface area contributed by atoms with Gasteiger partial charge in [0.1, 0.15) is 5.78 Å². The Balaban J connectivity index is 2.89. The summed E-state index contributed by atoms with van der Waals surface area (Å²) in [5.41, 5.74) is 2.40. The summed E-state index contributed by atoms with van der Waals surface area (Å²) in [6, 6.07) is 8.27. The third kappa shape index (κ3) is 2.44. The Labute approximate surface area is 86.1 Å². The predicted octanol–water partition coefficient (Wildman–Crippen LogP) is 3.47. The van der Waals surface area contributed by atoms with Crippen molar-refractivity contribution in [2.45, 2.75) is 39.5 Å². The molecule has 0 N–H and O–H groups in total. The van der Waals surface area contributed by atoms with E-state index in [0.29, 0.717) is 12.2 Å². The average molecular weight is 190 g/mol. The van der Waals surface area contributed by atoms with Gasteiger partial charge in [-0.25, -0.2) is 0 Å². The summed E-state index contributed by atoms with van der Waals surface area (Å²) in [7, 11) is 0. The van der Waals surface area contributed by atoms with E-state index in [1.54, 1.807) is 0 Å². The number of Topliss-reactive ketones (excluding diaryl/α,β-unsaturated/α-hetero) is 1. The topological polar surface area (TPSA) is 17.1 Å². The highest BCUT2D eigenvalue weighted by atomic mass is 16.1. The zero-order chi connectivity index (χ0) is 10.6. The number of rotatable bonds is 4. The van der Waals surface area contributed by atoms with Gasteiger partial charge in [0, 0.05) is 12.3 Å². The van der Waals surface area contributed by atoms with E-state index in [0.717, 1.165) is 12.0 Å². The van der Waals surface area contributed by atoms with Gasteiger partial charge in [-0.15, -0.1) is 0 Å². The standard InChI is InChI=1S/C13H18O/c1-4-12(13(14)5-2)11-8-6-10(3)7-9-11/h6-9,12H,4-5H2,1-3H3/t12-/m0/s1. The minimum Gasteiger partial charge on any atom is -0.299 e. The number of hydrogen-bond acceptors (Lipinski definition) is 1. The van der Waals surface area contributed by atoms with Crippen LogP contribution in [-0.2, 0) is 4.79 Å². The Bertz CT molecular complexity index is 298. The van der Waals surface area contributed by atoms with Crippen molar-refractivity contribution in [2.24, 2.45) is 0 Å². The van der Waals surface area contributed by atoms with Crippen molar-refractivity contribution < 1.29 is 4.79 Å². The van der Waals surface area contributed by atoms with Crippen molar-refractivity contribution >= 4 is 5.78 Å². The Hall–Kier alpha value is -1.11. The van der Waals surface area contributed by atoms with Gasteiger partial charge in [0.25, 0.3) is 0 Å². The van der Waals surface area contributed by atoms with Gasteiger partial charge in [0.05, 0.1) is 0 Å². The van der Waals surface area contributed by atoms with Crippen LogP contribution in [0.2, 0.25) is 0 Å². The van der Waals surface area contributed by atoms with Gasteiger partial charge in [-0.2, -0.15) is 0 Å². The molecule has 76 valence electrons. The third-order valence-electron chi connectivity index (χ3n) is 2.63. The number of hydrogen-bond donors (Lipinski definition) is 0. The molecule has 0 saturated carbocycles. The molecule has 0 heterocycles. The van der Waals surface area contributed by atoms with Crippen LogP contribution in [0.15, 0.2) is 24.3 Å². The summed E-state index contributed by atoms with van der Waals surface area (Å²) in [5.74, 6) is 0.442. The summed E-state index contributed by atoms with van der Waals surface area (Å²) in [6.07, 6.45) is 1.53. The Morgan fingerprint density at radius 2 is 1.79 bits per heavy atom. The molecule has 1 aromatic rings. The highest BCUT2D eigenvalue weighted by Crippen LogP contribution is 2.21. The number of carbonyl (C=O) groups excluding carboxylic acids is 1. The molecule has 0 spiro atoms. The molecule has 0 aromatic heterocycles. The highest BCUT2D eigenvalue weighted by Gasteiger charge is 2.15. The minimum atomic E-state index is 0.0978. The molecule has 0 amide bonds. The lowest BCUT2D eigenvalue weighted by molar-refractivity contribution is -0.120. The van der Waals surface area contributed by atoms with Gasteiger partial charge in [-0.3, -0.25) is 4.79 Å². The van der Waals surface area contributed by atoms with Crippen LogP contribution < -0.4 is 0 Å². The fourth-order valence-electron chi connectivity index (χ4n) is 1.69. The zero-order valence-electron chi connectivity index (χ0n) is 9.21. The summed E-state index contributed by atoms with van der Waals surface area (Å²) in [4.78, 5) is 11.6. The smallest absolute Gasteiger partial charge is 0.140 e. The second-order valence-corrected chi connectivity index (χ2v) is 3.69. The van der Waals surface area contributed by atoms with Crippen molar-refractivity contribution in [3.8, 4) is 0 Å². The summed E-state index contributed by atoms with van der Waals surface area (Å²) >= 11 is 0. The SMILES string of the molecule is CCC(=O)[C@@H](CC)c1ccc(C)cc1. The van der Waals surface area contributed by atoms with Crippen LogP contribution in [0.25, 0.3) is 0 Å². The van der Waals surface area contributed by atoms with Gasteiger partial charge in [0.15, 0.2) is 0 Å². The number of benzene rings is 1. The zero-order valence-corrected chi connectivity index (χ0v) is 9.21. The molecule has 1 nitrogen and oxygen atoms in total. The Morgan fingerprint density at radius 3 is 2.21 bits per heavy atom. The van der Waals surface area contributed by atoms with E-state index in [-0.39, 0.29) is 5.92 Å². The van der Waals surface area contributed by atoms with Crippen LogP contribution in [-0.4, -0.2) is 5.78 Å². The maximum Gasteiger partial charge on any atom is 0.140 e. The van der Waals surface area contributed by atoms with E-state index in [1.807, 2.05) is 6.92 Å². The van der Waals surface area contributed by atoms with Crippen molar-refractivity contribution in [1.29, 1.82) is 0 Å². The monoisotopic (exact) mass is 190 g/mol. The summed E-state index contributed by atoms with van der Waals surface area (Å²) in [5, 5.41) is 0. The van der Waals surface area contributed by atoms with Crippen LogP contribution in [0.4, 0.5) is 0 Å². The van der Waals surface area contributed by atoms with Gasteiger partial charge in [-0.05, 0) is 18.9 Å². The van der Waals surface area contributed by atoms with Gasteiger partial charge < -0.3 is 0 Å². The Morgan fingerprint density at radius 1 is 1.21 bits per heavy atom.